The summed E-state index contributed by atoms with van der Waals surface area (Å²) in [5, 5.41) is 17.3. The van der Waals surface area contributed by atoms with Gasteiger partial charge in [0.05, 0.1) is 6.54 Å². The molecule has 6 nitrogen and oxygen atoms in total. The number of hydrogen-bond acceptors (Lipinski definition) is 5. The van der Waals surface area contributed by atoms with Gasteiger partial charge in [0.15, 0.2) is 0 Å². The van der Waals surface area contributed by atoms with Crippen molar-refractivity contribution in [3.63, 3.8) is 0 Å². The number of rotatable bonds is 8. The standard InChI is InChI=1S/C12H22N2O4S/c1-3-12(4-2,9-15)8-14-7-10-5-6-11(18-10)19(13,16)17/h5-6,14-15H,3-4,7-9H2,1-2H3,(H2,13,16,17). The molecule has 0 unspecified atom stereocenters. The Morgan fingerprint density at radius 2 is 2.00 bits per heavy atom. The van der Waals surface area contributed by atoms with Crippen molar-refractivity contribution in [1.82, 2.24) is 5.32 Å². The molecule has 0 spiro atoms. The van der Waals surface area contributed by atoms with Crippen molar-refractivity contribution in [3.05, 3.63) is 17.9 Å². The van der Waals surface area contributed by atoms with Gasteiger partial charge in [0.25, 0.3) is 10.0 Å². The monoisotopic (exact) mass is 290 g/mol. The third-order valence-electron chi connectivity index (χ3n) is 3.55. The first-order valence-electron chi connectivity index (χ1n) is 6.30. The SMILES string of the molecule is CCC(CC)(CO)CNCc1ccc(S(N)(=O)=O)o1. The summed E-state index contributed by atoms with van der Waals surface area (Å²) < 4.78 is 27.2. The molecule has 19 heavy (non-hydrogen) atoms. The molecule has 0 bridgehead atoms. The van der Waals surface area contributed by atoms with E-state index >= 15 is 0 Å². The Labute approximate surface area is 114 Å². The number of aliphatic hydroxyl groups excluding tert-OH is 1. The molecular formula is C12H22N2O4S. The molecule has 0 fully saturated rings. The molecule has 0 aromatic carbocycles. The van der Waals surface area contributed by atoms with E-state index < -0.39 is 10.0 Å². The second kappa shape index (κ2) is 6.51. The molecule has 7 heteroatoms. The Kier molecular flexibility index (Phi) is 5.54. The van der Waals surface area contributed by atoms with Crippen LogP contribution in [-0.4, -0.2) is 26.7 Å². The third kappa shape index (κ3) is 4.31. The van der Waals surface area contributed by atoms with E-state index in [0.717, 1.165) is 12.8 Å². The molecule has 4 N–H and O–H groups in total. The molecular weight excluding hydrogens is 268 g/mol. The highest BCUT2D eigenvalue weighted by Gasteiger charge is 2.24. The van der Waals surface area contributed by atoms with Crippen LogP contribution in [0, 0.1) is 5.41 Å². The van der Waals surface area contributed by atoms with Crippen molar-refractivity contribution in [3.8, 4) is 0 Å². The van der Waals surface area contributed by atoms with Gasteiger partial charge in [-0.15, -0.1) is 0 Å². The summed E-state index contributed by atoms with van der Waals surface area (Å²) in [6.07, 6.45) is 1.74. The molecule has 0 aliphatic carbocycles. The van der Waals surface area contributed by atoms with Gasteiger partial charge < -0.3 is 14.8 Å². The van der Waals surface area contributed by atoms with Crippen LogP contribution in [0.1, 0.15) is 32.4 Å². The van der Waals surface area contributed by atoms with Gasteiger partial charge in [0.1, 0.15) is 5.76 Å². The predicted octanol–water partition coefficient (Wildman–Crippen LogP) is 0.815. The van der Waals surface area contributed by atoms with Crippen LogP contribution >= 0.6 is 0 Å². The van der Waals surface area contributed by atoms with E-state index in [2.05, 4.69) is 5.32 Å². The van der Waals surface area contributed by atoms with Crippen molar-refractivity contribution < 1.29 is 17.9 Å². The molecule has 1 heterocycles. The fourth-order valence-electron chi connectivity index (χ4n) is 1.84. The zero-order chi connectivity index (χ0) is 14.5. The normalized spacial score (nSPS) is 12.8. The number of hydrogen-bond donors (Lipinski definition) is 3. The summed E-state index contributed by atoms with van der Waals surface area (Å²) in [4.78, 5) is 0. The molecule has 110 valence electrons. The molecule has 0 amide bonds. The van der Waals surface area contributed by atoms with Gasteiger partial charge in [-0.2, -0.15) is 0 Å². The molecule has 1 rings (SSSR count). The summed E-state index contributed by atoms with van der Waals surface area (Å²) in [6, 6.07) is 2.91. The van der Waals surface area contributed by atoms with Gasteiger partial charge in [-0.25, -0.2) is 13.6 Å². The highest BCUT2D eigenvalue weighted by atomic mass is 32.2. The fourth-order valence-corrected chi connectivity index (χ4v) is 2.32. The van der Waals surface area contributed by atoms with Crippen LogP contribution < -0.4 is 10.5 Å². The molecule has 0 atom stereocenters. The van der Waals surface area contributed by atoms with Gasteiger partial charge in [-0.1, -0.05) is 13.8 Å². The highest BCUT2D eigenvalue weighted by molar-refractivity contribution is 7.89. The lowest BCUT2D eigenvalue weighted by Gasteiger charge is -2.29. The van der Waals surface area contributed by atoms with Crippen LogP contribution in [0.15, 0.2) is 21.6 Å². The lowest BCUT2D eigenvalue weighted by Crippen LogP contribution is -2.36. The Balaban J connectivity index is 2.56. The summed E-state index contributed by atoms with van der Waals surface area (Å²) in [6.45, 7) is 5.23. The first kappa shape index (κ1) is 16.2. The van der Waals surface area contributed by atoms with E-state index in [1.807, 2.05) is 13.8 Å². The number of furan rings is 1. The maximum absolute atomic E-state index is 11.0. The average Bonchev–Trinajstić information content (AvgIpc) is 2.84. The maximum Gasteiger partial charge on any atom is 0.271 e. The van der Waals surface area contributed by atoms with E-state index in [1.165, 1.54) is 6.07 Å². The van der Waals surface area contributed by atoms with Gasteiger partial charge in [-0.3, -0.25) is 0 Å². The predicted molar refractivity (Wildman–Crippen MR) is 71.9 cm³/mol. The quantitative estimate of drug-likeness (QED) is 0.657. The Bertz CT molecular complexity index is 483. The Morgan fingerprint density at radius 3 is 2.42 bits per heavy atom. The van der Waals surface area contributed by atoms with E-state index in [0.29, 0.717) is 18.8 Å². The lowest BCUT2D eigenvalue weighted by atomic mass is 9.83. The molecule has 1 aromatic rings. The van der Waals surface area contributed by atoms with Gasteiger partial charge in [0.2, 0.25) is 5.09 Å². The topological polar surface area (TPSA) is 106 Å². The highest BCUT2D eigenvalue weighted by Crippen LogP contribution is 2.24. The van der Waals surface area contributed by atoms with E-state index in [1.54, 1.807) is 6.07 Å². The van der Waals surface area contributed by atoms with Crippen LogP contribution in [0.5, 0.6) is 0 Å². The Morgan fingerprint density at radius 1 is 1.37 bits per heavy atom. The summed E-state index contributed by atoms with van der Waals surface area (Å²) in [5.74, 6) is 0.503. The summed E-state index contributed by atoms with van der Waals surface area (Å²) in [5.41, 5.74) is -0.143. The number of primary sulfonamides is 1. The third-order valence-corrected chi connectivity index (χ3v) is 4.33. The number of nitrogens with two attached hydrogens (primary N) is 1. The molecule has 0 saturated carbocycles. The molecule has 1 aromatic heterocycles. The van der Waals surface area contributed by atoms with E-state index in [4.69, 9.17) is 9.56 Å². The molecule has 0 aliphatic rings. The minimum atomic E-state index is -3.78. The van der Waals surface area contributed by atoms with Crippen molar-refractivity contribution >= 4 is 10.0 Å². The minimum Gasteiger partial charge on any atom is -0.447 e. The summed E-state index contributed by atoms with van der Waals surface area (Å²) in [7, 11) is -3.78. The molecule has 0 aliphatic heterocycles. The second-order valence-corrected chi connectivity index (χ2v) is 6.23. The maximum atomic E-state index is 11.0. The zero-order valence-electron chi connectivity index (χ0n) is 11.3. The van der Waals surface area contributed by atoms with Crippen LogP contribution in [0.2, 0.25) is 0 Å². The van der Waals surface area contributed by atoms with Crippen LogP contribution in [0.25, 0.3) is 0 Å². The van der Waals surface area contributed by atoms with Crippen LogP contribution in [0.4, 0.5) is 0 Å². The van der Waals surface area contributed by atoms with Crippen molar-refractivity contribution in [2.75, 3.05) is 13.2 Å². The van der Waals surface area contributed by atoms with Crippen molar-refractivity contribution in [1.29, 1.82) is 0 Å². The molecule has 0 saturated heterocycles. The summed E-state index contributed by atoms with van der Waals surface area (Å²) >= 11 is 0. The smallest absolute Gasteiger partial charge is 0.271 e. The number of sulfonamides is 1. The number of nitrogens with one attached hydrogen (secondary N) is 1. The Hall–Kier alpha value is -0.890. The van der Waals surface area contributed by atoms with Crippen molar-refractivity contribution in [2.45, 2.75) is 38.3 Å². The van der Waals surface area contributed by atoms with Gasteiger partial charge >= 0.3 is 0 Å². The van der Waals surface area contributed by atoms with E-state index in [9.17, 15) is 13.5 Å². The lowest BCUT2D eigenvalue weighted by molar-refractivity contribution is 0.112. The largest absolute Gasteiger partial charge is 0.447 e. The fraction of sp³-hybridized carbons (Fsp3) is 0.667. The van der Waals surface area contributed by atoms with Crippen molar-refractivity contribution in [2.24, 2.45) is 10.6 Å². The zero-order valence-corrected chi connectivity index (χ0v) is 12.2. The van der Waals surface area contributed by atoms with Crippen LogP contribution in [-0.2, 0) is 16.6 Å². The number of aliphatic hydroxyl groups is 1. The molecule has 0 radical (unpaired) electrons. The first-order valence-corrected chi connectivity index (χ1v) is 7.84. The van der Waals surface area contributed by atoms with Gasteiger partial charge in [0, 0.05) is 18.6 Å². The second-order valence-electron chi connectivity index (χ2n) is 4.73. The van der Waals surface area contributed by atoms with Crippen LogP contribution in [0.3, 0.4) is 0 Å². The van der Waals surface area contributed by atoms with Gasteiger partial charge in [-0.05, 0) is 25.0 Å². The average molecular weight is 290 g/mol. The van der Waals surface area contributed by atoms with E-state index in [-0.39, 0.29) is 17.1 Å². The minimum absolute atomic E-state index is 0.119. The first-order chi connectivity index (χ1) is 8.87.